The molecule has 2 atom stereocenters. The van der Waals surface area contributed by atoms with Crippen molar-refractivity contribution < 1.29 is 13.7 Å². The lowest BCUT2D eigenvalue weighted by molar-refractivity contribution is -0.113. The fourth-order valence-corrected chi connectivity index (χ4v) is 3.16. The molecular formula is C13H18N2O3S. The Kier molecular flexibility index (Phi) is 4.93. The van der Waals surface area contributed by atoms with Crippen molar-refractivity contribution in [3.05, 3.63) is 24.3 Å². The summed E-state index contributed by atoms with van der Waals surface area (Å²) in [5, 5.41) is 2.69. The molecule has 1 saturated heterocycles. The van der Waals surface area contributed by atoms with Gasteiger partial charge in [0.05, 0.1) is 11.9 Å². The molecule has 1 aliphatic heterocycles. The monoisotopic (exact) mass is 282 g/mol. The molecule has 19 heavy (non-hydrogen) atoms. The maximum Gasteiger partial charge on any atom is 0.236 e. The largest absolute Gasteiger partial charge is 0.399 e. The van der Waals surface area contributed by atoms with E-state index >= 15 is 0 Å². The van der Waals surface area contributed by atoms with Crippen LogP contribution in [0, 0.1) is 0 Å². The van der Waals surface area contributed by atoms with E-state index in [2.05, 4.69) is 5.32 Å². The number of anilines is 2. The zero-order chi connectivity index (χ0) is 13.7. The normalized spacial score (nSPS) is 20.1. The third-order valence-electron chi connectivity index (χ3n) is 2.86. The Morgan fingerprint density at radius 3 is 3.05 bits per heavy atom. The predicted molar refractivity (Wildman–Crippen MR) is 76.3 cm³/mol. The summed E-state index contributed by atoms with van der Waals surface area (Å²) in [7, 11) is -1.19. The molecule has 2 rings (SSSR count). The first kappa shape index (κ1) is 14.0. The molecule has 104 valence electrons. The van der Waals surface area contributed by atoms with Gasteiger partial charge < -0.3 is 15.8 Å². The number of rotatable bonds is 5. The molecule has 0 radical (unpaired) electrons. The predicted octanol–water partition coefficient (Wildman–Crippen LogP) is 1.13. The quantitative estimate of drug-likeness (QED) is 0.793. The zero-order valence-corrected chi connectivity index (χ0v) is 11.4. The second kappa shape index (κ2) is 6.68. The second-order valence-corrected chi connectivity index (χ2v) is 6.06. The Bertz CT molecular complexity index is 473. The Balaban J connectivity index is 1.78. The van der Waals surface area contributed by atoms with Crippen LogP contribution in [-0.2, 0) is 20.3 Å². The molecule has 1 aromatic carbocycles. The highest BCUT2D eigenvalue weighted by Gasteiger charge is 2.19. The van der Waals surface area contributed by atoms with Gasteiger partial charge >= 0.3 is 0 Å². The molecule has 1 heterocycles. The van der Waals surface area contributed by atoms with Crippen LogP contribution in [0.4, 0.5) is 11.4 Å². The van der Waals surface area contributed by atoms with Crippen molar-refractivity contribution in [2.75, 3.05) is 29.2 Å². The van der Waals surface area contributed by atoms with Crippen molar-refractivity contribution >= 4 is 28.1 Å². The summed E-state index contributed by atoms with van der Waals surface area (Å²) in [5.74, 6) is 0.167. The lowest BCUT2D eigenvalue weighted by atomic mass is 10.3. The van der Waals surface area contributed by atoms with Gasteiger partial charge in [0.1, 0.15) is 5.75 Å². The van der Waals surface area contributed by atoms with Gasteiger partial charge in [0.25, 0.3) is 0 Å². The van der Waals surface area contributed by atoms with Gasteiger partial charge in [-0.05, 0) is 31.0 Å². The molecule has 3 N–H and O–H groups in total. The standard InChI is InChI=1S/C13H18N2O3S/c14-10-3-1-4-11(7-10)15-13(16)9-19(17)8-12-5-2-6-18-12/h1,3-4,7,12H,2,5-6,8-9,14H2,(H,15,16). The van der Waals surface area contributed by atoms with E-state index in [0.29, 0.717) is 17.1 Å². The molecule has 2 unspecified atom stereocenters. The molecule has 0 aliphatic carbocycles. The molecule has 1 fully saturated rings. The number of hydrogen-bond donors (Lipinski definition) is 2. The molecule has 0 spiro atoms. The van der Waals surface area contributed by atoms with Crippen molar-refractivity contribution in [3.8, 4) is 0 Å². The van der Waals surface area contributed by atoms with E-state index in [4.69, 9.17) is 10.5 Å². The number of nitrogens with one attached hydrogen (secondary N) is 1. The fraction of sp³-hybridized carbons (Fsp3) is 0.462. The molecule has 0 saturated carbocycles. The van der Waals surface area contributed by atoms with Crippen molar-refractivity contribution in [1.29, 1.82) is 0 Å². The van der Waals surface area contributed by atoms with Crippen LogP contribution in [0.5, 0.6) is 0 Å². The molecule has 0 aromatic heterocycles. The Hall–Kier alpha value is -1.40. The second-order valence-electron chi connectivity index (χ2n) is 4.56. The van der Waals surface area contributed by atoms with Gasteiger partial charge in [0, 0.05) is 28.8 Å². The number of benzene rings is 1. The average Bonchev–Trinajstić information content (AvgIpc) is 2.81. The van der Waals surface area contributed by atoms with Gasteiger partial charge in [0.2, 0.25) is 5.91 Å². The van der Waals surface area contributed by atoms with Gasteiger partial charge in [-0.25, -0.2) is 0 Å². The van der Waals surface area contributed by atoms with Crippen molar-refractivity contribution in [2.45, 2.75) is 18.9 Å². The van der Waals surface area contributed by atoms with Crippen LogP contribution in [0.3, 0.4) is 0 Å². The lowest BCUT2D eigenvalue weighted by Crippen LogP contribution is -2.25. The number of ether oxygens (including phenoxy) is 1. The Morgan fingerprint density at radius 1 is 1.53 bits per heavy atom. The summed E-state index contributed by atoms with van der Waals surface area (Å²) < 4.78 is 17.2. The lowest BCUT2D eigenvalue weighted by Gasteiger charge is -2.09. The smallest absolute Gasteiger partial charge is 0.236 e. The van der Waals surface area contributed by atoms with Crippen molar-refractivity contribution in [1.82, 2.24) is 0 Å². The van der Waals surface area contributed by atoms with E-state index in [1.165, 1.54) is 0 Å². The van der Waals surface area contributed by atoms with Crippen LogP contribution in [0.15, 0.2) is 24.3 Å². The van der Waals surface area contributed by atoms with E-state index in [9.17, 15) is 9.00 Å². The number of hydrogen-bond acceptors (Lipinski definition) is 4. The molecule has 6 heteroatoms. The molecule has 1 aromatic rings. The zero-order valence-electron chi connectivity index (χ0n) is 10.6. The summed E-state index contributed by atoms with van der Waals surface area (Å²) in [6.07, 6.45) is 1.99. The molecule has 0 bridgehead atoms. The number of carbonyl (C=O) groups excluding carboxylic acids is 1. The molecule has 1 aliphatic rings. The minimum atomic E-state index is -1.19. The van der Waals surface area contributed by atoms with E-state index in [-0.39, 0.29) is 17.8 Å². The summed E-state index contributed by atoms with van der Waals surface area (Å²) >= 11 is 0. The van der Waals surface area contributed by atoms with Gasteiger partial charge in [-0.2, -0.15) is 0 Å². The minimum absolute atomic E-state index is 0.00530. The first-order valence-electron chi connectivity index (χ1n) is 6.25. The number of carbonyl (C=O) groups is 1. The number of nitrogens with two attached hydrogens (primary N) is 1. The maximum absolute atomic E-state index is 11.8. The topological polar surface area (TPSA) is 81.4 Å². The van der Waals surface area contributed by atoms with Crippen LogP contribution in [0.1, 0.15) is 12.8 Å². The molecule has 5 nitrogen and oxygen atoms in total. The van der Waals surface area contributed by atoms with Crippen LogP contribution in [-0.4, -0.2) is 34.3 Å². The van der Waals surface area contributed by atoms with Gasteiger partial charge in [0.15, 0.2) is 0 Å². The summed E-state index contributed by atoms with van der Waals surface area (Å²) in [4.78, 5) is 11.7. The summed E-state index contributed by atoms with van der Waals surface area (Å²) in [5.41, 5.74) is 6.82. The van der Waals surface area contributed by atoms with Crippen LogP contribution < -0.4 is 11.1 Å². The summed E-state index contributed by atoms with van der Waals surface area (Å²) in [6, 6.07) is 6.91. The van der Waals surface area contributed by atoms with E-state index in [1.54, 1.807) is 24.3 Å². The summed E-state index contributed by atoms with van der Waals surface area (Å²) in [6.45, 7) is 0.733. The minimum Gasteiger partial charge on any atom is -0.399 e. The average molecular weight is 282 g/mol. The fourth-order valence-electron chi connectivity index (χ4n) is 2.00. The first-order valence-corrected chi connectivity index (χ1v) is 7.74. The van der Waals surface area contributed by atoms with Gasteiger partial charge in [-0.1, -0.05) is 6.07 Å². The number of nitrogen functional groups attached to an aromatic ring is 1. The van der Waals surface area contributed by atoms with Crippen molar-refractivity contribution in [2.24, 2.45) is 0 Å². The van der Waals surface area contributed by atoms with Crippen LogP contribution in [0.2, 0.25) is 0 Å². The number of amides is 1. The molecule has 1 amide bonds. The van der Waals surface area contributed by atoms with Gasteiger partial charge in [-0.3, -0.25) is 9.00 Å². The third-order valence-corrected chi connectivity index (χ3v) is 4.19. The van der Waals surface area contributed by atoms with Crippen LogP contribution >= 0.6 is 0 Å². The SMILES string of the molecule is Nc1cccc(NC(=O)CS(=O)CC2CCCO2)c1. The highest BCUT2D eigenvalue weighted by Crippen LogP contribution is 2.14. The highest BCUT2D eigenvalue weighted by atomic mass is 32.2. The van der Waals surface area contributed by atoms with Crippen molar-refractivity contribution in [3.63, 3.8) is 0 Å². The Morgan fingerprint density at radius 2 is 2.37 bits per heavy atom. The molecular weight excluding hydrogens is 264 g/mol. The third kappa shape index (κ3) is 4.65. The first-order chi connectivity index (χ1) is 9.13. The van der Waals surface area contributed by atoms with E-state index in [0.717, 1.165) is 19.4 Å². The van der Waals surface area contributed by atoms with E-state index < -0.39 is 10.8 Å². The van der Waals surface area contributed by atoms with Gasteiger partial charge in [-0.15, -0.1) is 0 Å². The highest BCUT2D eigenvalue weighted by molar-refractivity contribution is 7.85. The van der Waals surface area contributed by atoms with E-state index in [1.807, 2.05) is 0 Å². The Labute approximate surface area is 115 Å². The van der Waals surface area contributed by atoms with Crippen LogP contribution in [0.25, 0.3) is 0 Å². The maximum atomic E-state index is 11.8.